The smallest absolute Gasteiger partial charge is 0.303 e. The molecule has 0 aliphatic rings. The van der Waals surface area contributed by atoms with Gasteiger partial charge in [-0.1, -0.05) is 6.07 Å². The summed E-state index contributed by atoms with van der Waals surface area (Å²) in [5.74, 6) is -0.468. The van der Waals surface area contributed by atoms with Gasteiger partial charge in [-0.3, -0.25) is 9.59 Å². The maximum atomic E-state index is 11.1. The van der Waals surface area contributed by atoms with Crippen molar-refractivity contribution in [1.82, 2.24) is 4.98 Å². The van der Waals surface area contributed by atoms with Crippen LogP contribution in [0.3, 0.4) is 0 Å². The Balaban J connectivity index is 2.89. The summed E-state index contributed by atoms with van der Waals surface area (Å²) in [6, 6.07) is 5.07. The molecule has 0 amide bonds. The highest BCUT2D eigenvalue weighted by molar-refractivity contribution is 5.92. The minimum atomic E-state index is -0.429. The molecule has 1 atom stereocenters. The predicted molar refractivity (Wildman–Crippen MR) is 54.4 cm³/mol. The molecule has 4 heteroatoms. The van der Waals surface area contributed by atoms with Crippen LogP contribution < -0.4 is 0 Å². The molecule has 1 aromatic heterocycles. The largest absolute Gasteiger partial charge is 0.456 e. The number of ketones is 1. The zero-order valence-electron chi connectivity index (χ0n) is 8.98. The highest BCUT2D eigenvalue weighted by atomic mass is 16.5. The molecule has 0 bridgehead atoms. The van der Waals surface area contributed by atoms with Crippen LogP contribution in [0, 0.1) is 0 Å². The Kier molecular flexibility index (Phi) is 3.55. The van der Waals surface area contributed by atoms with E-state index >= 15 is 0 Å². The molecule has 1 aromatic rings. The molecule has 4 nitrogen and oxygen atoms in total. The molecule has 0 aliphatic heterocycles. The van der Waals surface area contributed by atoms with E-state index in [1.165, 1.54) is 13.8 Å². The standard InChI is InChI=1S/C11H13NO3/c1-7(13)10-5-4-6-11(12-10)8(2)15-9(3)14/h4-6,8H,1-3H3/t8-/m1/s1. The SMILES string of the molecule is CC(=O)O[C@H](C)c1cccc(C(C)=O)n1. The molecule has 0 saturated heterocycles. The first-order valence-electron chi connectivity index (χ1n) is 4.66. The van der Waals surface area contributed by atoms with Crippen LogP contribution in [0.5, 0.6) is 0 Å². The molecule has 0 radical (unpaired) electrons. The number of nitrogens with zero attached hydrogens (tertiary/aromatic N) is 1. The van der Waals surface area contributed by atoms with Gasteiger partial charge in [0.2, 0.25) is 0 Å². The van der Waals surface area contributed by atoms with Crippen molar-refractivity contribution in [3.63, 3.8) is 0 Å². The lowest BCUT2D eigenvalue weighted by atomic mass is 10.2. The lowest BCUT2D eigenvalue weighted by Crippen LogP contribution is -2.08. The monoisotopic (exact) mass is 207 g/mol. The van der Waals surface area contributed by atoms with Gasteiger partial charge in [-0.25, -0.2) is 4.98 Å². The van der Waals surface area contributed by atoms with Crippen molar-refractivity contribution in [3.8, 4) is 0 Å². The molecule has 80 valence electrons. The van der Waals surface area contributed by atoms with E-state index in [1.807, 2.05) is 0 Å². The summed E-state index contributed by atoms with van der Waals surface area (Å²) in [5.41, 5.74) is 0.962. The maximum Gasteiger partial charge on any atom is 0.303 e. The van der Waals surface area contributed by atoms with Gasteiger partial charge in [0.05, 0.1) is 5.69 Å². The molecule has 0 unspecified atom stereocenters. The fourth-order valence-corrected chi connectivity index (χ4v) is 1.18. The summed E-state index contributed by atoms with van der Waals surface area (Å²) in [6.45, 7) is 4.50. The molecular weight excluding hydrogens is 194 g/mol. The lowest BCUT2D eigenvalue weighted by Gasteiger charge is -2.11. The molecular formula is C11H13NO3. The van der Waals surface area contributed by atoms with Crippen LogP contribution in [0.4, 0.5) is 0 Å². The fourth-order valence-electron chi connectivity index (χ4n) is 1.18. The second-order valence-electron chi connectivity index (χ2n) is 3.26. The molecule has 1 rings (SSSR count). The van der Waals surface area contributed by atoms with Gasteiger partial charge in [0.15, 0.2) is 5.78 Å². The molecule has 0 N–H and O–H groups in total. The maximum absolute atomic E-state index is 11.1. The predicted octanol–water partition coefficient (Wildman–Crippen LogP) is 1.91. The summed E-state index contributed by atoms with van der Waals surface area (Å²) >= 11 is 0. The lowest BCUT2D eigenvalue weighted by molar-refractivity contribution is -0.145. The van der Waals surface area contributed by atoms with Crippen molar-refractivity contribution < 1.29 is 14.3 Å². The first-order chi connectivity index (χ1) is 7.00. The molecule has 0 aliphatic carbocycles. The summed E-state index contributed by atoms with van der Waals surface area (Å²) < 4.78 is 4.96. The first kappa shape index (κ1) is 11.4. The number of aromatic nitrogens is 1. The van der Waals surface area contributed by atoms with Crippen molar-refractivity contribution in [2.45, 2.75) is 26.9 Å². The van der Waals surface area contributed by atoms with E-state index in [-0.39, 0.29) is 11.8 Å². The fraction of sp³-hybridized carbons (Fsp3) is 0.364. The number of Topliss-reactive ketones (excluding diaryl/α,β-unsaturated/α-hetero) is 1. The zero-order valence-corrected chi connectivity index (χ0v) is 8.98. The minimum Gasteiger partial charge on any atom is -0.456 e. The minimum absolute atomic E-state index is 0.105. The summed E-state index contributed by atoms with van der Waals surface area (Å²) in [7, 11) is 0. The van der Waals surface area contributed by atoms with Crippen molar-refractivity contribution >= 4 is 11.8 Å². The third-order valence-electron chi connectivity index (χ3n) is 1.89. The van der Waals surface area contributed by atoms with Gasteiger partial charge in [0.25, 0.3) is 0 Å². The average molecular weight is 207 g/mol. The summed E-state index contributed by atoms with van der Waals surface area (Å²) in [6.07, 6.45) is -0.429. The number of carbonyl (C=O) groups excluding carboxylic acids is 2. The number of pyridine rings is 1. The number of carbonyl (C=O) groups is 2. The van der Waals surface area contributed by atoms with Crippen molar-refractivity contribution in [3.05, 3.63) is 29.6 Å². The van der Waals surface area contributed by atoms with Gasteiger partial charge < -0.3 is 4.74 Å². The number of rotatable bonds is 3. The van der Waals surface area contributed by atoms with E-state index in [1.54, 1.807) is 25.1 Å². The van der Waals surface area contributed by atoms with Crippen LogP contribution in [-0.4, -0.2) is 16.7 Å². The third kappa shape index (κ3) is 3.16. The van der Waals surface area contributed by atoms with Crippen LogP contribution in [-0.2, 0) is 9.53 Å². The third-order valence-corrected chi connectivity index (χ3v) is 1.89. The second kappa shape index (κ2) is 4.68. The van der Waals surface area contributed by atoms with E-state index in [0.29, 0.717) is 11.4 Å². The molecule has 0 spiro atoms. The van der Waals surface area contributed by atoms with Gasteiger partial charge >= 0.3 is 5.97 Å². The summed E-state index contributed by atoms with van der Waals surface area (Å²) in [5, 5.41) is 0. The Morgan fingerprint density at radius 3 is 2.53 bits per heavy atom. The van der Waals surface area contributed by atoms with E-state index in [2.05, 4.69) is 4.98 Å². The molecule has 0 fully saturated rings. The normalized spacial score (nSPS) is 11.9. The number of ether oxygens (including phenoxy) is 1. The Morgan fingerprint density at radius 1 is 1.33 bits per heavy atom. The van der Waals surface area contributed by atoms with Crippen LogP contribution in [0.2, 0.25) is 0 Å². The first-order valence-corrected chi connectivity index (χ1v) is 4.66. The average Bonchev–Trinajstić information content (AvgIpc) is 2.17. The van der Waals surface area contributed by atoms with Gasteiger partial charge in [0.1, 0.15) is 11.8 Å². The Labute approximate surface area is 88.3 Å². The highest BCUT2D eigenvalue weighted by Crippen LogP contribution is 2.14. The number of esters is 1. The number of hydrogen-bond donors (Lipinski definition) is 0. The molecule has 15 heavy (non-hydrogen) atoms. The van der Waals surface area contributed by atoms with Crippen LogP contribution in [0.25, 0.3) is 0 Å². The van der Waals surface area contributed by atoms with Gasteiger partial charge in [-0.15, -0.1) is 0 Å². The van der Waals surface area contributed by atoms with Crippen molar-refractivity contribution in [2.24, 2.45) is 0 Å². The topological polar surface area (TPSA) is 56.3 Å². The molecule has 1 heterocycles. The van der Waals surface area contributed by atoms with Gasteiger partial charge in [-0.2, -0.15) is 0 Å². The van der Waals surface area contributed by atoms with Crippen LogP contribution >= 0.6 is 0 Å². The van der Waals surface area contributed by atoms with E-state index < -0.39 is 6.10 Å². The summed E-state index contributed by atoms with van der Waals surface area (Å²) in [4.78, 5) is 25.9. The quantitative estimate of drug-likeness (QED) is 0.561. The Hall–Kier alpha value is -1.71. The van der Waals surface area contributed by atoms with Gasteiger partial charge in [0, 0.05) is 13.8 Å². The van der Waals surface area contributed by atoms with Crippen molar-refractivity contribution in [1.29, 1.82) is 0 Å². The molecule has 0 saturated carbocycles. The van der Waals surface area contributed by atoms with Gasteiger partial charge in [-0.05, 0) is 19.1 Å². The number of hydrogen-bond acceptors (Lipinski definition) is 4. The second-order valence-corrected chi connectivity index (χ2v) is 3.26. The Bertz CT molecular complexity index is 387. The zero-order chi connectivity index (χ0) is 11.4. The van der Waals surface area contributed by atoms with Crippen LogP contribution in [0.15, 0.2) is 18.2 Å². The van der Waals surface area contributed by atoms with E-state index in [9.17, 15) is 9.59 Å². The highest BCUT2D eigenvalue weighted by Gasteiger charge is 2.11. The van der Waals surface area contributed by atoms with E-state index in [0.717, 1.165) is 0 Å². The molecule has 0 aromatic carbocycles. The Morgan fingerprint density at radius 2 is 2.00 bits per heavy atom. The van der Waals surface area contributed by atoms with Crippen LogP contribution in [0.1, 0.15) is 43.1 Å². The van der Waals surface area contributed by atoms with E-state index in [4.69, 9.17) is 4.74 Å². The van der Waals surface area contributed by atoms with Crippen molar-refractivity contribution in [2.75, 3.05) is 0 Å².